The average Bonchev–Trinajstić information content (AvgIpc) is 2.63. The molecule has 27 heavy (non-hydrogen) atoms. The predicted molar refractivity (Wildman–Crippen MR) is 100 cm³/mol. The summed E-state index contributed by atoms with van der Waals surface area (Å²) < 4.78 is 18.2. The second-order valence-corrected chi connectivity index (χ2v) is 6.45. The van der Waals surface area contributed by atoms with Crippen molar-refractivity contribution in [2.24, 2.45) is 0 Å². The van der Waals surface area contributed by atoms with Crippen LogP contribution in [0.5, 0.6) is 0 Å². The lowest BCUT2D eigenvalue weighted by atomic mass is 10.1. The Morgan fingerprint density at radius 1 is 1.11 bits per heavy atom. The van der Waals surface area contributed by atoms with E-state index in [1.165, 1.54) is 19.1 Å². The van der Waals surface area contributed by atoms with E-state index < -0.39 is 23.8 Å². The van der Waals surface area contributed by atoms with Gasteiger partial charge in [0.15, 0.2) is 11.9 Å². The highest BCUT2D eigenvalue weighted by molar-refractivity contribution is 6.31. The third-order valence-corrected chi connectivity index (χ3v) is 4.08. The minimum absolute atomic E-state index is 0.0101. The van der Waals surface area contributed by atoms with Crippen molar-refractivity contribution < 1.29 is 23.5 Å². The number of esters is 1. The maximum Gasteiger partial charge on any atom is 0.307 e. The van der Waals surface area contributed by atoms with Gasteiger partial charge in [-0.1, -0.05) is 41.4 Å². The van der Waals surface area contributed by atoms with Crippen LogP contribution in [0.15, 0.2) is 42.5 Å². The number of rotatable bonds is 7. The molecule has 0 spiro atoms. The zero-order chi connectivity index (χ0) is 20.0. The molecule has 0 aliphatic carbocycles. The lowest BCUT2D eigenvalue weighted by Crippen LogP contribution is -2.30. The van der Waals surface area contributed by atoms with Crippen molar-refractivity contribution in [2.75, 3.05) is 5.32 Å². The molecule has 7 heteroatoms. The van der Waals surface area contributed by atoms with Crippen LogP contribution in [0, 0.1) is 12.7 Å². The monoisotopic (exact) mass is 391 g/mol. The number of Topliss-reactive ketones (excluding diaryl/α,β-unsaturated/α-hetero) is 1. The molecule has 0 aliphatic heterocycles. The van der Waals surface area contributed by atoms with Crippen LogP contribution in [0.25, 0.3) is 0 Å². The second-order valence-electron chi connectivity index (χ2n) is 6.04. The first-order chi connectivity index (χ1) is 12.8. The standard InChI is InChI=1S/C20H19ClFNO4/c1-12-3-5-14(6-4-12)18(24)9-10-19(25)27-13(2)20(26)23-15-7-8-17(22)16(21)11-15/h3-8,11,13H,9-10H2,1-2H3,(H,23,26)/t13-/m0/s1. The van der Waals surface area contributed by atoms with Gasteiger partial charge in [0.25, 0.3) is 5.91 Å². The first-order valence-electron chi connectivity index (χ1n) is 8.31. The number of halogens is 2. The highest BCUT2D eigenvalue weighted by Crippen LogP contribution is 2.19. The lowest BCUT2D eigenvalue weighted by Gasteiger charge is -2.13. The molecular weight excluding hydrogens is 373 g/mol. The molecule has 1 amide bonds. The van der Waals surface area contributed by atoms with E-state index in [-0.39, 0.29) is 29.3 Å². The third kappa shape index (κ3) is 6.18. The van der Waals surface area contributed by atoms with Crippen LogP contribution in [-0.4, -0.2) is 23.8 Å². The highest BCUT2D eigenvalue weighted by Gasteiger charge is 2.19. The van der Waals surface area contributed by atoms with Gasteiger partial charge < -0.3 is 10.1 Å². The summed E-state index contributed by atoms with van der Waals surface area (Å²) in [5.41, 5.74) is 1.84. The Kier molecular flexibility index (Phi) is 7.07. The van der Waals surface area contributed by atoms with E-state index in [1.54, 1.807) is 12.1 Å². The first kappa shape index (κ1) is 20.6. The van der Waals surface area contributed by atoms with Gasteiger partial charge in [-0.15, -0.1) is 0 Å². The van der Waals surface area contributed by atoms with Crippen molar-refractivity contribution in [2.45, 2.75) is 32.8 Å². The molecular formula is C20H19ClFNO4. The molecule has 1 N–H and O–H groups in total. The minimum Gasteiger partial charge on any atom is -0.453 e. The molecule has 0 unspecified atom stereocenters. The Hall–Kier alpha value is -2.73. The van der Waals surface area contributed by atoms with Crippen molar-refractivity contribution in [3.05, 3.63) is 64.4 Å². The molecule has 0 fully saturated rings. The number of nitrogens with one attached hydrogen (secondary N) is 1. The Morgan fingerprint density at radius 2 is 1.78 bits per heavy atom. The summed E-state index contributed by atoms with van der Waals surface area (Å²) in [6.45, 7) is 3.32. The van der Waals surface area contributed by atoms with Gasteiger partial charge in [0, 0.05) is 17.7 Å². The van der Waals surface area contributed by atoms with Gasteiger partial charge >= 0.3 is 5.97 Å². The number of amides is 1. The van der Waals surface area contributed by atoms with Gasteiger partial charge in [0.1, 0.15) is 5.82 Å². The van der Waals surface area contributed by atoms with Crippen molar-refractivity contribution in [3.8, 4) is 0 Å². The van der Waals surface area contributed by atoms with E-state index in [0.717, 1.165) is 11.6 Å². The van der Waals surface area contributed by atoms with E-state index >= 15 is 0 Å². The fourth-order valence-corrected chi connectivity index (χ4v) is 2.41. The van der Waals surface area contributed by atoms with Crippen molar-refractivity contribution in [1.82, 2.24) is 0 Å². The number of aryl methyl sites for hydroxylation is 1. The third-order valence-electron chi connectivity index (χ3n) is 3.79. The fourth-order valence-electron chi connectivity index (χ4n) is 2.23. The molecule has 0 aromatic heterocycles. The van der Waals surface area contributed by atoms with Crippen molar-refractivity contribution in [1.29, 1.82) is 0 Å². The molecule has 2 aromatic carbocycles. The number of ketones is 1. The van der Waals surface area contributed by atoms with Crippen LogP contribution < -0.4 is 5.32 Å². The Bertz CT molecular complexity index is 852. The first-order valence-corrected chi connectivity index (χ1v) is 8.69. The predicted octanol–water partition coefficient (Wildman–Crippen LogP) is 4.32. The largest absolute Gasteiger partial charge is 0.453 e. The SMILES string of the molecule is Cc1ccc(C(=O)CCC(=O)O[C@@H](C)C(=O)Nc2ccc(F)c(Cl)c2)cc1. The van der Waals surface area contributed by atoms with Crippen LogP contribution >= 0.6 is 11.6 Å². The van der Waals surface area contributed by atoms with E-state index in [1.807, 2.05) is 19.1 Å². The zero-order valence-corrected chi connectivity index (χ0v) is 15.7. The van der Waals surface area contributed by atoms with Crippen LogP contribution in [0.1, 0.15) is 35.7 Å². The highest BCUT2D eigenvalue weighted by atomic mass is 35.5. The smallest absolute Gasteiger partial charge is 0.307 e. The van der Waals surface area contributed by atoms with Gasteiger partial charge in [-0.25, -0.2) is 4.39 Å². The summed E-state index contributed by atoms with van der Waals surface area (Å²) in [7, 11) is 0. The van der Waals surface area contributed by atoms with E-state index in [2.05, 4.69) is 5.32 Å². The van der Waals surface area contributed by atoms with Crippen LogP contribution in [0.3, 0.4) is 0 Å². The maximum absolute atomic E-state index is 13.1. The number of anilines is 1. The quantitative estimate of drug-likeness (QED) is 0.563. The van der Waals surface area contributed by atoms with Gasteiger partial charge in [-0.05, 0) is 32.0 Å². The van der Waals surface area contributed by atoms with Crippen LogP contribution in [-0.2, 0) is 14.3 Å². The van der Waals surface area contributed by atoms with Crippen LogP contribution in [0.2, 0.25) is 5.02 Å². The number of carbonyl (C=O) groups is 3. The topological polar surface area (TPSA) is 72.5 Å². The maximum atomic E-state index is 13.1. The molecule has 0 saturated carbocycles. The van der Waals surface area contributed by atoms with Gasteiger partial charge in [-0.3, -0.25) is 14.4 Å². The molecule has 0 bridgehead atoms. The van der Waals surface area contributed by atoms with E-state index in [9.17, 15) is 18.8 Å². The van der Waals surface area contributed by atoms with Crippen molar-refractivity contribution >= 4 is 34.9 Å². The Morgan fingerprint density at radius 3 is 2.41 bits per heavy atom. The molecule has 0 aliphatic rings. The zero-order valence-electron chi connectivity index (χ0n) is 14.9. The molecule has 2 aromatic rings. The van der Waals surface area contributed by atoms with Gasteiger partial charge in [0.2, 0.25) is 0 Å². The van der Waals surface area contributed by atoms with Crippen molar-refractivity contribution in [3.63, 3.8) is 0 Å². The van der Waals surface area contributed by atoms with Gasteiger partial charge in [-0.2, -0.15) is 0 Å². The number of hydrogen-bond acceptors (Lipinski definition) is 4. The Labute approximate surface area is 161 Å². The summed E-state index contributed by atoms with van der Waals surface area (Å²) in [5.74, 6) is -2.02. The molecule has 2 rings (SSSR count). The summed E-state index contributed by atoms with van der Waals surface area (Å²) in [4.78, 5) is 36.0. The number of ether oxygens (including phenoxy) is 1. The summed E-state index contributed by atoms with van der Waals surface area (Å²) in [6, 6.07) is 10.8. The average molecular weight is 392 g/mol. The normalized spacial score (nSPS) is 11.6. The summed E-state index contributed by atoms with van der Waals surface area (Å²) in [5, 5.41) is 2.34. The molecule has 0 radical (unpaired) electrons. The number of hydrogen-bond donors (Lipinski definition) is 1. The Balaban J connectivity index is 1.81. The second kappa shape index (κ2) is 9.28. The number of benzene rings is 2. The van der Waals surface area contributed by atoms with Gasteiger partial charge in [0.05, 0.1) is 11.4 Å². The molecule has 0 saturated heterocycles. The number of carbonyl (C=O) groups excluding carboxylic acids is 3. The lowest BCUT2D eigenvalue weighted by molar-refractivity contribution is -0.153. The van der Waals surface area contributed by atoms with E-state index in [0.29, 0.717) is 5.56 Å². The summed E-state index contributed by atoms with van der Waals surface area (Å²) in [6.07, 6.45) is -1.22. The van der Waals surface area contributed by atoms with E-state index in [4.69, 9.17) is 16.3 Å². The molecule has 0 heterocycles. The minimum atomic E-state index is -1.07. The van der Waals surface area contributed by atoms with Crippen LogP contribution in [0.4, 0.5) is 10.1 Å². The summed E-state index contributed by atoms with van der Waals surface area (Å²) >= 11 is 5.65. The molecule has 142 valence electrons. The molecule has 1 atom stereocenters. The molecule has 5 nitrogen and oxygen atoms in total. The fraction of sp³-hybridized carbons (Fsp3) is 0.250.